The Bertz CT molecular complexity index is 595. The van der Waals surface area contributed by atoms with E-state index < -0.39 is 0 Å². The summed E-state index contributed by atoms with van der Waals surface area (Å²) in [6, 6.07) is 8.58. The van der Waals surface area contributed by atoms with Crippen molar-refractivity contribution in [2.45, 2.75) is 32.2 Å². The Morgan fingerprint density at radius 3 is 2.85 bits per heavy atom. The van der Waals surface area contributed by atoms with E-state index in [1.807, 2.05) is 18.3 Å². The van der Waals surface area contributed by atoms with Gasteiger partial charge in [-0.15, -0.1) is 0 Å². The predicted octanol–water partition coefficient (Wildman–Crippen LogP) is 3.89. The maximum Gasteiger partial charge on any atom is 0.159 e. The van der Waals surface area contributed by atoms with E-state index >= 15 is 0 Å². The zero-order valence-electron chi connectivity index (χ0n) is 11.6. The number of rotatable bonds is 3. The lowest BCUT2D eigenvalue weighted by Crippen LogP contribution is -2.25. The van der Waals surface area contributed by atoms with Gasteiger partial charge in [0.05, 0.1) is 0 Å². The van der Waals surface area contributed by atoms with Gasteiger partial charge in [-0.2, -0.15) is 0 Å². The van der Waals surface area contributed by atoms with Gasteiger partial charge in [-0.1, -0.05) is 35.0 Å². The normalized spacial score (nSPS) is 17.8. The van der Waals surface area contributed by atoms with Gasteiger partial charge in [0, 0.05) is 33.5 Å². The van der Waals surface area contributed by atoms with E-state index in [4.69, 9.17) is 4.98 Å². The Morgan fingerprint density at radius 1 is 1.30 bits per heavy atom. The minimum atomic E-state index is 0.419. The molecule has 0 saturated carbocycles. The summed E-state index contributed by atoms with van der Waals surface area (Å²) in [5.74, 6) is 0.827. The molecule has 3 nitrogen and oxygen atoms in total. The van der Waals surface area contributed by atoms with E-state index in [1.54, 1.807) is 0 Å². The fourth-order valence-corrected chi connectivity index (χ4v) is 3.01. The van der Waals surface area contributed by atoms with Crippen LogP contribution >= 0.6 is 15.9 Å². The topological polar surface area (TPSA) is 37.8 Å². The van der Waals surface area contributed by atoms with Gasteiger partial charge in [-0.05, 0) is 37.9 Å². The van der Waals surface area contributed by atoms with Gasteiger partial charge in [-0.3, -0.25) is 0 Å². The first-order valence-electron chi connectivity index (χ1n) is 7.13. The Labute approximate surface area is 128 Å². The molecule has 104 valence electrons. The molecule has 1 unspecified atom stereocenters. The summed E-state index contributed by atoms with van der Waals surface area (Å²) < 4.78 is 1.08. The molecule has 3 rings (SSSR count). The minimum absolute atomic E-state index is 0.419. The standard InChI is InChI=1S/C16H18BrN3/c1-2-18-14-4-3-5-15-13(14)10-19-16(20-15)11-6-8-12(17)9-7-11/h6-10,14,18H,2-5H2,1H3. The number of aromatic nitrogens is 2. The van der Waals surface area contributed by atoms with Crippen LogP contribution in [0.3, 0.4) is 0 Å². The van der Waals surface area contributed by atoms with Crippen LogP contribution < -0.4 is 5.32 Å². The van der Waals surface area contributed by atoms with E-state index in [1.165, 1.54) is 24.1 Å². The second kappa shape index (κ2) is 6.02. The molecule has 0 saturated heterocycles. The van der Waals surface area contributed by atoms with E-state index in [9.17, 15) is 0 Å². The number of fused-ring (bicyclic) bond motifs is 1. The van der Waals surface area contributed by atoms with Crippen molar-refractivity contribution in [1.82, 2.24) is 15.3 Å². The molecule has 0 bridgehead atoms. The number of halogens is 1. The van der Waals surface area contributed by atoms with Crippen LogP contribution in [0, 0.1) is 0 Å². The maximum absolute atomic E-state index is 4.78. The smallest absolute Gasteiger partial charge is 0.159 e. The molecule has 1 aliphatic carbocycles. The Hall–Kier alpha value is -1.26. The van der Waals surface area contributed by atoms with Crippen molar-refractivity contribution in [3.05, 3.63) is 46.2 Å². The molecule has 1 N–H and O–H groups in total. The molecule has 0 amide bonds. The highest BCUT2D eigenvalue weighted by Crippen LogP contribution is 2.29. The van der Waals surface area contributed by atoms with Gasteiger partial charge >= 0.3 is 0 Å². The summed E-state index contributed by atoms with van der Waals surface area (Å²) in [5, 5.41) is 3.52. The first kappa shape index (κ1) is 13.7. The quantitative estimate of drug-likeness (QED) is 0.927. The fraction of sp³-hybridized carbons (Fsp3) is 0.375. The number of hydrogen-bond acceptors (Lipinski definition) is 3. The molecule has 1 atom stereocenters. The fourth-order valence-electron chi connectivity index (χ4n) is 2.74. The molecule has 20 heavy (non-hydrogen) atoms. The van der Waals surface area contributed by atoms with E-state index in [0.717, 1.165) is 28.8 Å². The van der Waals surface area contributed by atoms with Crippen LogP contribution in [-0.2, 0) is 6.42 Å². The molecule has 0 radical (unpaired) electrons. The summed E-state index contributed by atoms with van der Waals surface area (Å²) in [5.41, 5.74) is 3.55. The number of benzene rings is 1. The molecular formula is C16H18BrN3. The predicted molar refractivity (Wildman–Crippen MR) is 84.5 cm³/mol. The molecule has 1 heterocycles. The summed E-state index contributed by atoms with van der Waals surface area (Å²) in [4.78, 5) is 9.34. The number of nitrogens with zero attached hydrogens (tertiary/aromatic N) is 2. The van der Waals surface area contributed by atoms with Crippen LogP contribution in [0.25, 0.3) is 11.4 Å². The molecule has 0 aliphatic heterocycles. The van der Waals surface area contributed by atoms with E-state index in [2.05, 4.69) is 45.3 Å². The van der Waals surface area contributed by atoms with Gasteiger partial charge in [0.25, 0.3) is 0 Å². The van der Waals surface area contributed by atoms with Crippen molar-refractivity contribution in [3.8, 4) is 11.4 Å². The van der Waals surface area contributed by atoms with Crippen LogP contribution in [0.2, 0.25) is 0 Å². The third-order valence-corrected chi connectivity index (χ3v) is 4.26. The molecule has 1 aliphatic rings. The molecule has 1 aromatic carbocycles. The van der Waals surface area contributed by atoms with Crippen molar-refractivity contribution in [1.29, 1.82) is 0 Å². The van der Waals surface area contributed by atoms with Crippen molar-refractivity contribution < 1.29 is 0 Å². The monoisotopic (exact) mass is 331 g/mol. The van der Waals surface area contributed by atoms with Gasteiger partial charge < -0.3 is 5.32 Å². The second-order valence-corrected chi connectivity index (χ2v) is 6.02. The zero-order valence-corrected chi connectivity index (χ0v) is 13.2. The highest BCUT2D eigenvalue weighted by atomic mass is 79.9. The number of aryl methyl sites for hydroxylation is 1. The van der Waals surface area contributed by atoms with Gasteiger partial charge in [-0.25, -0.2) is 9.97 Å². The highest BCUT2D eigenvalue weighted by molar-refractivity contribution is 9.10. The van der Waals surface area contributed by atoms with Crippen LogP contribution in [0.5, 0.6) is 0 Å². The third kappa shape index (κ3) is 2.76. The lowest BCUT2D eigenvalue weighted by atomic mass is 9.92. The first-order valence-corrected chi connectivity index (χ1v) is 7.92. The van der Waals surface area contributed by atoms with Crippen molar-refractivity contribution in [3.63, 3.8) is 0 Å². The van der Waals surface area contributed by atoms with E-state index in [-0.39, 0.29) is 0 Å². The Kier molecular flexibility index (Phi) is 4.13. The SMILES string of the molecule is CCNC1CCCc2nc(-c3ccc(Br)cc3)ncc21. The Balaban J connectivity index is 1.94. The van der Waals surface area contributed by atoms with Gasteiger partial charge in [0.15, 0.2) is 5.82 Å². The third-order valence-electron chi connectivity index (χ3n) is 3.73. The largest absolute Gasteiger partial charge is 0.310 e. The lowest BCUT2D eigenvalue weighted by molar-refractivity contribution is 0.464. The van der Waals surface area contributed by atoms with Crippen LogP contribution in [0.15, 0.2) is 34.9 Å². The lowest BCUT2D eigenvalue weighted by Gasteiger charge is -2.25. The average Bonchev–Trinajstić information content (AvgIpc) is 2.48. The minimum Gasteiger partial charge on any atom is -0.310 e. The molecular weight excluding hydrogens is 314 g/mol. The first-order chi connectivity index (χ1) is 9.78. The number of hydrogen-bond donors (Lipinski definition) is 1. The summed E-state index contributed by atoms with van der Waals surface area (Å²) in [6.07, 6.45) is 5.44. The van der Waals surface area contributed by atoms with Crippen molar-refractivity contribution >= 4 is 15.9 Å². The maximum atomic E-state index is 4.78. The molecule has 2 aromatic rings. The number of nitrogens with one attached hydrogen (secondary N) is 1. The van der Waals surface area contributed by atoms with Crippen LogP contribution in [-0.4, -0.2) is 16.5 Å². The molecule has 0 fully saturated rings. The summed E-state index contributed by atoms with van der Waals surface area (Å²) in [7, 11) is 0. The molecule has 4 heteroatoms. The van der Waals surface area contributed by atoms with E-state index in [0.29, 0.717) is 6.04 Å². The highest BCUT2D eigenvalue weighted by Gasteiger charge is 2.21. The van der Waals surface area contributed by atoms with Gasteiger partial charge in [0.2, 0.25) is 0 Å². The zero-order chi connectivity index (χ0) is 13.9. The summed E-state index contributed by atoms with van der Waals surface area (Å²) in [6.45, 7) is 3.13. The van der Waals surface area contributed by atoms with Crippen molar-refractivity contribution in [2.24, 2.45) is 0 Å². The second-order valence-electron chi connectivity index (χ2n) is 5.11. The molecule has 0 spiro atoms. The van der Waals surface area contributed by atoms with Crippen LogP contribution in [0.4, 0.5) is 0 Å². The Morgan fingerprint density at radius 2 is 2.10 bits per heavy atom. The van der Waals surface area contributed by atoms with Crippen molar-refractivity contribution in [2.75, 3.05) is 6.54 Å². The van der Waals surface area contributed by atoms with Crippen LogP contribution in [0.1, 0.15) is 37.1 Å². The molecule has 1 aromatic heterocycles. The summed E-state index contributed by atoms with van der Waals surface area (Å²) >= 11 is 3.45. The average molecular weight is 332 g/mol. The van der Waals surface area contributed by atoms with Gasteiger partial charge in [0.1, 0.15) is 0 Å².